The molecule has 0 radical (unpaired) electrons. The van der Waals surface area contributed by atoms with Gasteiger partial charge in [0.05, 0.1) is 18.3 Å². The van der Waals surface area contributed by atoms with E-state index in [0.29, 0.717) is 6.54 Å². The van der Waals surface area contributed by atoms with Crippen LogP contribution in [0.15, 0.2) is 12.4 Å². The first-order valence-corrected chi connectivity index (χ1v) is 6.02. The predicted molar refractivity (Wildman–Crippen MR) is 65.4 cm³/mol. The first kappa shape index (κ1) is 13.2. The number of aromatic nitrogens is 2. The second-order valence-electron chi connectivity index (χ2n) is 4.39. The third kappa shape index (κ3) is 3.94. The average molecular weight is 225 g/mol. The van der Waals surface area contributed by atoms with E-state index >= 15 is 0 Å². The van der Waals surface area contributed by atoms with Crippen LogP contribution in [0.3, 0.4) is 0 Å². The molecule has 0 atom stereocenters. The lowest BCUT2D eigenvalue weighted by Crippen LogP contribution is -2.40. The van der Waals surface area contributed by atoms with Crippen molar-refractivity contribution in [1.29, 1.82) is 0 Å². The molecule has 1 heterocycles. The first-order valence-electron chi connectivity index (χ1n) is 6.02. The van der Waals surface area contributed by atoms with Gasteiger partial charge in [-0.15, -0.1) is 0 Å². The third-order valence-electron chi connectivity index (χ3n) is 3.05. The van der Waals surface area contributed by atoms with Crippen molar-refractivity contribution in [1.82, 2.24) is 15.1 Å². The molecule has 0 aliphatic carbocycles. The van der Waals surface area contributed by atoms with Gasteiger partial charge in [-0.25, -0.2) is 0 Å². The highest BCUT2D eigenvalue weighted by Gasteiger charge is 2.20. The molecule has 4 nitrogen and oxygen atoms in total. The first-order chi connectivity index (χ1) is 7.59. The fraction of sp³-hybridized carbons (Fsp3) is 0.750. The standard InChI is InChI=1S/C12H23N3O/c1-4-12(16,5-2)10-13-6-7-15-9-11(3)8-14-15/h8-9,13,16H,4-7,10H2,1-3H3. The van der Waals surface area contributed by atoms with Gasteiger partial charge in [-0.3, -0.25) is 4.68 Å². The Balaban J connectivity index is 2.21. The van der Waals surface area contributed by atoms with Crippen molar-refractivity contribution >= 4 is 0 Å². The quantitative estimate of drug-likeness (QED) is 0.688. The highest BCUT2D eigenvalue weighted by molar-refractivity contribution is 4.99. The molecule has 0 amide bonds. The van der Waals surface area contributed by atoms with Gasteiger partial charge in [-0.1, -0.05) is 13.8 Å². The highest BCUT2D eigenvalue weighted by Crippen LogP contribution is 2.12. The molecule has 0 fully saturated rings. The molecule has 16 heavy (non-hydrogen) atoms. The van der Waals surface area contributed by atoms with Crippen molar-refractivity contribution in [3.63, 3.8) is 0 Å². The summed E-state index contributed by atoms with van der Waals surface area (Å²) in [4.78, 5) is 0. The highest BCUT2D eigenvalue weighted by atomic mass is 16.3. The van der Waals surface area contributed by atoms with Crippen molar-refractivity contribution < 1.29 is 5.11 Å². The number of hydrogen-bond donors (Lipinski definition) is 2. The Morgan fingerprint density at radius 1 is 1.44 bits per heavy atom. The second kappa shape index (κ2) is 6.01. The molecule has 0 unspecified atom stereocenters. The molecule has 4 heteroatoms. The molecule has 0 spiro atoms. The summed E-state index contributed by atoms with van der Waals surface area (Å²) in [5.74, 6) is 0. The Hall–Kier alpha value is -0.870. The smallest absolute Gasteiger partial charge is 0.0766 e. The van der Waals surface area contributed by atoms with Crippen LogP contribution in [0.5, 0.6) is 0 Å². The Bertz CT molecular complexity index is 305. The Morgan fingerprint density at radius 3 is 2.62 bits per heavy atom. The van der Waals surface area contributed by atoms with E-state index in [2.05, 4.69) is 10.4 Å². The molecular weight excluding hydrogens is 202 g/mol. The zero-order valence-corrected chi connectivity index (χ0v) is 10.5. The van der Waals surface area contributed by atoms with Crippen molar-refractivity contribution in [3.05, 3.63) is 18.0 Å². The zero-order chi connectivity index (χ0) is 12.0. The molecule has 1 aromatic rings. The van der Waals surface area contributed by atoms with Gasteiger partial charge in [0.15, 0.2) is 0 Å². The van der Waals surface area contributed by atoms with E-state index in [0.717, 1.165) is 25.9 Å². The van der Waals surface area contributed by atoms with Crippen LogP contribution in [0.4, 0.5) is 0 Å². The fourth-order valence-electron chi connectivity index (χ4n) is 1.60. The van der Waals surface area contributed by atoms with Crippen LogP contribution >= 0.6 is 0 Å². The summed E-state index contributed by atoms with van der Waals surface area (Å²) < 4.78 is 1.92. The molecule has 2 N–H and O–H groups in total. The fourth-order valence-corrected chi connectivity index (χ4v) is 1.60. The summed E-state index contributed by atoms with van der Waals surface area (Å²) in [6.07, 6.45) is 5.46. The number of rotatable bonds is 7. The van der Waals surface area contributed by atoms with Crippen LogP contribution in [-0.4, -0.2) is 33.6 Å². The monoisotopic (exact) mass is 225 g/mol. The van der Waals surface area contributed by atoms with E-state index in [1.807, 2.05) is 37.8 Å². The van der Waals surface area contributed by atoms with Crippen LogP contribution < -0.4 is 5.32 Å². The lowest BCUT2D eigenvalue weighted by molar-refractivity contribution is 0.0325. The summed E-state index contributed by atoms with van der Waals surface area (Å²) in [5.41, 5.74) is 0.624. The Labute approximate surface area is 97.7 Å². The predicted octanol–water partition coefficient (Wildman–Crippen LogP) is 1.33. The number of aryl methyl sites for hydroxylation is 1. The molecule has 0 saturated heterocycles. The van der Waals surface area contributed by atoms with Crippen molar-refractivity contribution in [2.75, 3.05) is 13.1 Å². The van der Waals surface area contributed by atoms with Gasteiger partial charge in [0.2, 0.25) is 0 Å². The molecule has 1 aromatic heterocycles. The summed E-state index contributed by atoms with van der Waals surface area (Å²) in [5, 5.41) is 17.5. The van der Waals surface area contributed by atoms with Gasteiger partial charge in [0.1, 0.15) is 0 Å². The van der Waals surface area contributed by atoms with Crippen LogP contribution in [-0.2, 0) is 6.54 Å². The molecule has 0 aromatic carbocycles. The molecular formula is C12H23N3O. The molecule has 0 aliphatic rings. The van der Waals surface area contributed by atoms with E-state index in [1.54, 1.807) is 0 Å². The average Bonchev–Trinajstić information content (AvgIpc) is 2.70. The molecule has 0 bridgehead atoms. The lowest BCUT2D eigenvalue weighted by Gasteiger charge is -2.25. The number of hydrogen-bond acceptors (Lipinski definition) is 3. The van der Waals surface area contributed by atoms with E-state index in [-0.39, 0.29) is 0 Å². The minimum atomic E-state index is -0.556. The molecule has 1 rings (SSSR count). The van der Waals surface area contributed by atoms with Crippen molar-refractivity contribution in [2.24, 2.45) is 0 Å². The minimum Gasteiger partial charge on any atom is -0.389 e. The maximum atomic E-state index is 10.0. The summed E-state index contributed by atoms with van der Waals surface area (Å²) >= 11 is 0. The van der Waals surface area contributed by atoms with E-state index in [4.69, 9.17) is 0 Å². The van der Waals surface area contributed by atoms with Crippen LogP contribution in [0.1, 0.15) is 32.3 Å². The van der Waals surface area contributed by atoms with E-state index < -0.39 is 5.60 Å². The summed E-state index contributed by atoms with van der Waals surface area (Å²) in [7, 11) is 0. The topological polar surface area (TPSA) is 50.1 Å². The summed E-state index contributed by atoms with van der Waals surface area (Å²) in [6.45, 7) is 8.40. The van der Waals surface area contributed by atoms with Crippen LogP contribution in [0, 0.1) is 6.92 Å². The normalized spacial score (nSPS) is 12.0. The van der Waals surface area contributed by atoms with Gasteiger partial charge < -0.3 is 10.4 Å². The van der Waals surface area contributed by atoms with Gasteiger partial charge in [-0.05, 0) is 25.3 Å². The number of nitrogens with zero attached hydrogens (tertiary/aromatic N) is 2. The van der Waals surface area contributed by atoms with E-state index in [1.165, 1.54) is 5.56 Å². The summed E-state index contributed by atoms with van der Waals surface area (Å²) in [6, 6.07) is 0. The lowest BCUT2D eigenvalue weighted by atomic mass is 9.98. The maximum Gasteiger partial charge on any atom is 0.0766 e. The third-order valence-corrected chi connectivity index (χ3v) is 3.05. The van der Waals surface area contributed by atoms with Crippen LogP contribution in [0.2, 0.25) is 0 Å². The molecule has 0 saturated carbocycles. The largest absolute Gasteiger partial charge is 0.389 e. The van der Waals surface area contributed by atoms with Gasteiger partial charge in [-0.2, -0.15) is 5.10 Å². The Morgan fingerprint density at radius 2 is 2.12 bits per heavy atom. The van der Waals surface area contributed by atoms with Crippen molar-refractivity contribution in [3.8, 4) is 0 Å². The number of aliphatic hydroxyl groups is 1. The van der Waals surface area contributed by atoms with E-state index in [9.17, 15) is 5.11 Å². The van der Waals surface area contributed by atoms with Gasteiger partial charge in [0.25, 0.3) is 0 Å². The molecule has 0 aliphatic heterocycles. The zero-order valence-electron chi connectivity index (χ0n) is 10.5. The maximum absolute atomic E-state index is 10.0. The SMILES string of the molecule is CCC(O)(CC)CNCCn1cc(C)cn1. The van der Waals surface area contributed by atoms with Crippen molar-refractivity contribution in [2.45, 2.75) is 45.8 Å². The van der Waals surface area contributed by atoms with Crippen LogP contribution in [0.25, 0.3) is 0 Å². The number of nitrogens with one attached hydrogen (secondary N) is 1. The Kier molecular flexibility index (Phi) is 4.96. The van der Waals surface area contributed by atoms with Gasteiger partial charge >= 0.3 is 0 Å². The van der Waals surface area contributed by atoms with Gasteiger partial charge in [0, 0.05) is 19.3 Å². The second-order valence-corrected chi connectivity index (χ2v) is 4.39. The minimum absolute atomic E-state index is 0.556. The molecule has 92 valence electrons.